The van der Waals surface area contributed by atoms with Crippen molar-refractivity contribution in [1.29, 1.82) is 0 Å². The van der Waals surface area contributed by atoms with Gasteiger partial charge in [0.15, 0.2) is 0 Å². The van der Waals surface area contributed by atoms with Crippen LogP contribution in [0.25, 0.3) is 0 Å². The van der Waals surface area contributed by atoms with Gasteiger partial charge in [-0.1, -0.05) is 19.3 Å². The van der Waals surface area contributed by atoms with E-state index in [1.807, 2.05) is 0 Å². The number of nitrogens with one attached hydrogen (secondary N) is 1. The number of hydrogen-bond donors (Lipinski definition) is 2. The van der Waals surface area contributed by atoms with Gasteiger partial charge in [-0.25, -0.2) is 4.39 Å². The zero-order chi connectivity index (χ0) is 14.6. The predicted octanol–water partition coefficient (Wildman–Crippen LogP) is 2.68. The van der Waals surface area contributed by atoms with E-state index in [4.69, 9.17) is 10.5 Å². The summed E-state index contributed by atoms with van der Waals surface area (Å²) in [4.78, 5) is 12.5. The summed E-state index contributed by atoms with van der Waals surface area (Å²) >= 11 is 0. The molecule has 0 heterocycles. The number of carbonyl (C=O) groups excluding carboxylic acids is 1. The molecule has 2 rings (SSSR count). The SMILES string of the molecule is COc1cc(F)ccc1NC(=O)C1(CN)CCCCC1. The number of carbonyl (C=O) groups is 1. The Hall–Kier alpha value is -1.62. The summed E-state index contributed by atoms with van der Waals surface area (Å²) in [6.45, 7) is 0.336. The standard InChI is InChI=1S/C15H21FN2O2/c1-20-13-9-11(16)5-6-12(13)18-14(19)15(10-17)7-3-2-4-8-15/h5-6,9H,2-4,7-8,10,17H2,1H3,(H,18,19). The third-order valence-electron chi connectivity index (χ3n) is 4.09. The van der Waals surface area contributed by atoms with Crippen molar-refractivity contribution in [3.63, 3.8) is 0 Å². The van der Waals surface area contributed by atoms with Crippen LogP contribution in [0.4, 0.5) is 10.1 Å². The summed E-state index contributed by atoms with van der Waals surface area (Å²) in [6, 6.07) is 4.07. The molecule has 1 aliphatic rings. The van der Waals surface area contributed by atoms with E-state index in [0.29, 0.717) is 18.0 Å². The van der Waals surface area contributed by atoms with Crippen LogP contribution in [0.2, 0.25) is 0 Å². The molecular weight excluding hydrogens is 259 g/mol. The number of benzene rings is 1. The van der Waals surface area contributed by atoms with Gasteiger partial charge in [0.1, 0.15) is 11.6 Å². The minimum atomic E-state index is -0.502. The summed E-state index contributed by atoms with van der Waals surface area (Å²) in [5.74, 6) is -0.169. The van der Waals surface area contributed by atoms with Crippen molar-refractivity contribution in [3.05, 3.63) is 24.0 Å². The average Bonchev–Trinajstić information content (AvgIpc) is 2.49. The van der Waals surface area contributed by atoms with Crippen molar-refractivity contribution in [2.24, 2.45) is 11.1 Å². The first-order valence-electron chi connectivity index (χ1n) is 6.96. The summed E-state index contributed by atoms with van der Waals surface area (Å²) in [5.41, 5.74) is 5.82. The number of rotatable bonds is 4. The maximum absolute atomic E-state index is 13.2. The van der Waals surface area contributed by atoms with Crippen LogP contribution in [0, 0.1) is 11.2 Å². The number of hydrogen-bond acceptors (Lipinski definition) is 3. The van der Waals surface area contributed by atoms with Crippen molar-refractivity contribution in [2.45, 2.75) is 32.1 Å². The fourth-order valence-corrected chi connectivity index (χ4v) is 2.78. The van der Waals surface area contributed by atoms with Gasteiger partial charge in [0.25, 0.3) is 0 Å². The van der Waals surface area contributed by atoms with E-state index in [-0.39, 0.29) is 5.91 Å². The lowest BCUT2D eigenvalue weighted by Gasteiger charge is -2.34. The Bertz CT molecular complexity index is 485. The van der Waals surface area contributed by atoms with Gasteiger partial charge in [0.05, 0.1) is 18.2 Å². The lowest BCUT2D eigenvalue weighted by atomic mass is 9.73. The molecule has 0 unspecified atom stereocenters. The highest BCUT2D eigenvalue weighted by Crippen LogP contribution is 2.37. The molecule has 1 amide bonds. The highest BCUT2D eigenvalue weighted by molar-refractivity contribution is 5.96. The van der Waals surface area contributed by atoms with E-state index in [2.05, 4.69) is 5.32 Å². The van der Waals surface area contributed by atoms with Crippen LogP contribution in [0.15, 0.2) is 18.2 Å². The van der Waals surface area contributed by atoms with E-state index < -0.39 is 11.2 Å². The maximum Gasteiger partial charge on any atom is 0.231 e. The van der Waals surface area contributed by atoms with Crippen LogP contribution in [0.3, 0.4) is 0 Å². The lowest BCUT2D eigenvalue weighted by Crippen LogP contribution is -2.43. The van der Waals surface area contributed by atoms with Crippen molar-refractivity contribution < 1.29 is 13.9 Å². The molecule has 0 radical (unpaired) electrons. The van der Waals surface area contributed by atoms with Gasteiger partial charge in [0.2, 0.25) is 5.91 Å². The van der Waals surface area contributed by atoms with Crippen LogP contribution in [0.5, 0.6) is 5.75 Å². The molecular formula is C15H21FN2O2. The third kappa shape index (κ3) is 2.93. The summed E-state index contributed by atoms with van der Waals surface area (Å²) in [6.07, 6.45) is 4.79. The number of nitrogens with two attached hydrogens (primary N) is 1. The number of amides is 1. The van der Waals surface area contributed by atoms with E-state index in [1.54, 1.807) is 0 Å². The zero-order valence-electron chi connectivity index (χ0n) is 11.7. The predicted molar refractivity (Wildman–Crippen MR) is 76.2 cm³/mol. The fraction of sp³-hybridized carbons (Fsp3) is 0.533. The molecule has 0 aliphatic heterocycles. The fourth-order valence-electron chi connectivity index (χ4n) is 2.78. The molecule has 20 heavy (non-hydrogen) atoms. The van der Waals surface area contributed by atoms with E-state index >= 15 is 0 Å². The minimum Gasteiger partial charge on any atom is -0.494 e. The number of ether oxygens (including phenoxy) is 1. The normalized spacial score (nSPS) is 17.6. The molecule has 0 saturated heterocycles. The molecule has 3 N–H and O–H groups in total. The Kier molecular flexibility index (Phi) is 4.60. The first-order valence-corrected chi connectivity index (χ1v) is 6.96. The number of halogens is 1. The first kappa shape index (κ1) is 14.8. The van der Waals surface area contributed by atoms with Crippen molar-refractivity contribution in [3.8, 4) is 5.75 Å². The van der Waals surface area contributed by atoms with Crippen molar-refractivity contribution >= 4 is 11.6 Å². The molecule has 1 aromatic rings. The Labute approximate surface area is 118 Å². The van der Waals surface area contributed by atoms with Gasteiger partial charge in [-0.3, -0.25) is 4.79 Å². The largest absolute Gasteiger partial charge is 0.494 e. The molecule has 4 nitrogen and oxygen atoms in total. The maximum atomic E-state index is 13.2. The van der Waals surface area contributed by atoms with Crippen molar-refractivity contribution in [1.82, 2.24) is 0 Å². The quantitative estimate of drug-likeness (QED) is 0.891. The zero-order valence-corrected chi connectivity index (χ0v) is 11.7. The minimum absolute atomic E-state index is 0.0930. The van der Waals surface area contributed by atoms with E-state index in [0.717, 1.165) is 32.1 Å². The van der Waals surface area contributed by atoms with Gasteiger partial charge in [-0.2, -0.15) is 0 Å². The Morgan fingerprint density at radius 2 is 2.10 bits per heavy atom. The summed E-state index contributed by atoms with van der Waals surface area (Å²) in [7, 11) is 1.45. The smallest absolute Gasteiger partial charge is 0.231 e. The van der Waals surface area contributed by atoms with Gasteiger partial charge in [0, 0.05) is 12.6 Å². The Morgan fingerprint density at radius 1 is 1.40 bits per heavy atom. The molecule has 0 spiro atoms. The summed E-state index contributed by atoms with van der Waals surface area (Å²) in [5, 5.41) is 2.84. The Morgan fingerprint density at radius 3 is 2.70 bits per heavy atom. The van der Waals surface area contributed by atoms with Gasteiger partial charge in [-0.15, -0.1) is 0 Å². The van der Waals surface area contributed by atoms with Gasteiger partial charge < -0.3 is 15.8 Å². The molecule has 5 heteroatoms. The van der Waals surface area contributed by atoms with Crippen molar-refractivity contribution in [2.75, 3.05) is 19.0 Å². The molecule has 1 fully saturated rings. The molecule has 1 aliphatic carbocycles. The van der Waals surface area contributed by atoms with Gasteiger partial charge >= 0.3 is 0 Å². The monoisotopic (exact) mass is 280 g/mol. The van der Waals surface area contributed by atoms with Crippen LogP contribution in [-0.4, -0.2) is 19.6 Å². The van der Waals surface area contributed by atoms with Gasteiger partial charge in [-0.05, 0) is 25.0 Å². The number of anilines is 1. The Balaban J connectivity index is 2.18. The number of methoxy groups -OCH3 is 1. The molecule has 0 bridgehead atoms. The first-order chi connectivity index (χ1) is 9.61. The van der Waals surface area contributed by atoms with Crippen LogP contribution in [0.1, 0.15) is 32.1 Å². The highest BCUT2D eigenvalue weighted by atomic mass is 19.1. The highest BCUT2D eigenvalue weighted by Gasteiger charge is 2.38. The third-order valence-corrected chi connectivity index (χ3v) is 4.09. The molecule has 110 valence electrons. The van der Waals surface area contributed by atoms with Crippen LogP contribution in [-0.2, 0) is 4.79 Å². The van der Waals surface area contributed by atoms with E-state index in [1.165, 1.54) is 25.3 Å². The second kappa shape index (κ2) is 6.22. The molecule has 0 aromatic heterocycles. The topological polar surface area (TPSA) is 64.3 Å². The summed E-state index contributed by atoms with van der Waals surface area (Å²) < 4.78 is 18.3. The second-order valence-corrected chi connectivity index (χ2v) is 5.34. The average molecular weight is 280 g/mol. The molecule has 1 aromatic carbocycles. The second-order valence-electron chi connectivity index (χ2n) is 5.34. The van der Waals surface area contributed by atoms with E-state index in [9.17, 15) is 9.18 Å². The molecule has 1 saturated carbocycles. The lowest BCUT2D eigenvalue weighted by molar-refractivity contribution is -0.126. The van der Waals surface area contributed by atoms with Crippen LogP contribution < -0.4 is 15.8 Å². The van der Waals surface area contributed by atoms with Crippen LogP contribution >= 0.6 is 0 Å². The molecule has 0 atom stereocenters.